The van der Waals surface area contributed by atoms with E-state index >= 15 is 0 Å². The zero-order valence-corrected chi connectivity index (χ0v) is 13.5. The van der Waals surface area contributed by atoms with Crippen LogP contribution in [0.4, 0.5) is 13.2 Å². The van der Waals surface area contributed by atoms with Crippen molar-refractivity contribution in [3.63, 3.8) is 0 Å². The molecule has 9 heteroatoms. The molecule has 1 unspecified atom stereocenters. The summed E-state index contributed by atoms with van der Waals surface area (Å²) in [4.78, 5) is 17.6. The van der Waals surface area contributed by atoms with E-state index in [0.29, 0.717) is 18.9 Å². The molecule has 2 heterocycles. The van der Waals surface area contributed by atoms with Gasteiger partial charge in [-0.3, -0.25) is 4.79 Å². The minimum Gasteiger partial charge on any atom is -0.389 e. The van der Waals surface area contributed by atoms with Crippen molar-refractivity contribution in [2.75, 3.05) is 19.8 Å². The molecule has 0 aromatic heterocycles. The van der Waals surface area contributed by atoms with Crippen LogP contribution in [0.2, 0.25) is 0 Å². The lowest BCUT2D eigenvalue weighted by Gasteiger charge is -2.24. The standard InChI is InChI=1S/C16H18F3N3O3/c1-15(20,9-2-4-10(5-3-9)16(17,18)19)14(23)21-6-12-11-7-24-8-13(11)25-22-12/h2-5,11,13H,6-8,20H2,1H3,(H,21,23)/t11-,13-,15?/m1/s1. The number of oxime groups is 1. The first-order chi connectivity index (χ1) is 11.7. The lowest BCUT2D eigenvalue weighted by atomic mass is 9.91. The molecule has 1 aromatic rings. The van der Waals surface area contributed by atoms with Gasteiger partial charge in [0.05, 0.1) is 37.0 Å². The summed E-state index contributed by atoms with van der Waals surface area (Å²) in [6, 6.07) is 4.23. The van der Waals surface area contributed by atoms with Gasteiger partial charge < -0.3 is 20.6 Å². The maximum atomic E-state index is 12.6. The van der Waals surface area contributed by atoms with Gasteiger partial charge in [-0.15, -0.1) is 0 Å². The van der Waals surface area contributed by atoms with E-state index in [0.717, 1.165) is 12.1 Å². The average Bonchev–Trinajstić information content (AvgIpc) is 3.15. The Bertz CT molecular complexity index is 686. The molecule has 2 aliphatic rings. The molecule has 1 fully saturated rings. The number of nitrogens with two attached hydrogens (primary N) is 1. The number of nitrogens with one attached hydrogen (secondary N) is 1. The number of fused-ring (bicyclic) bond motifs is 1. The Morgan fingerprint density at radius 2 is 1.92 bits per heavy atom. The van der Waals surface area contributed by atoms with E-state index in [1.54, 1.807) is 0 Å². The fourth-order valence-corrected chi connectivity index (χ4v) is 2.81. The minimum atomic E-state index is -4.44. The van der Waals surface area contributed by atoms with Gasteiger partial charge in [0.2, 0.25) is 5.91 Å². The maximum absolute atomic E-state index is 12.6. The third kappa shape index (κ3) is 3.47. The molecule has 2 aliphatic heterocycles. The van der Waals surface area contributed by atoms with Gasteiger partial charge in [-0.25, -0.2) is 0 Å². The summed E-state index contributed by atoms with van der Waals surface area (Å²) in [6.45, 7) is 2.54. The van der Waals surface area contributed by atoms with Crippen LogP contribution in [0.5, 0.6) is 0 Å². The summed E-state index contributed by atoms with van der Waals surface area (Å²) >= 11 is 0. The summed E-state index contributed by atoms with van der Waals surface area (Å²) in [5, 5.41) is 6.61. The van der Waals surface area contributed by atoms with E-state index in [4.69, 9.17) is 15.3 Å². The third-order valence-electron chi connectivity index (χ3n) is 4.48. The summed E-state index contributed by atoms with van der Waals surface area (Å²) in [5.74, 6) is -0.507. The Morgan fingerprint density at radius 3 is 2.56 bits per heavy atom. The lowest BCUT2D eigenvalue weighted by molar-refractivity contribution is -0.137. The first-order valence-electron chi connectivity index (χ1n) is 7.75. The van der Waals surface area contributed by atoms with Crippen LogP contribution in [-0.4, -0.2) is 37.5 Å². The Balaban J connectivity index is 1.64. The zero-order valence-electron chi connectivity index (χ0n) is 13.5. The minimum absolute atomic E-state index is 0.00963. The van der Waals surface area contributed by atoms with Crippen LogP contribution in [0, 0.1) is 5.92 Å². The molecule has 3 atom stereocenters. The maximum Gasteiger partial charge on any atom is 0.416 e. The number of alkyl halides is 3. The number of ether oxygens (including phenoxy) is 1. The van der Waals surface area contributed by atoms with Crippen molar-refractivity contribution < 1.29 is 27.5 Å². The molecule has 0 spiro atoms. The van der Waals surface area contributed by atoms with Gasteiger partial charge in [0, 0.05) is 0 Å². The van der Waals surface area contributed by atoms with E-state index in [9.17, 15) is 18.0 Å². The second-order valence-corrected chi connectivity index (χ2v) is 6.33. The fraction of sp³-hybridized carbons (Fsp3) is 0.500. The number of amides is 1. The van der Waals surface area contributed by atoms with Crippen molar-refractivity contribution in [2.24, 2.45) is 16.8 Å². The molecule has 3 rings (SSSR count). The van der Waals surface area contributed by atoms with E-state index in [2.05, 4.69) is 10.5 Å². The highest BCUT2D eigenvalue weighted by Crippen LogP contribution is 2.30. The van der Waals surface area contributed by atoms with E-state index in [1.807, 2.05) is 0 Å². The highest BCUT2D eigenvalue weighted by Gasteiger charge is 2.40. The average molecular weight is 357 g/mol. The van der Waals surface area contributed by atoms with Gasteiger partial charge >= 0.3 is 6.18 Å². The zero-order chi connectivity index (χ0) is 18.2. The molecule has 3 N–H and O–H groups in total. The predicted octanol–water partition coefficient (Wildman–Crippen LogP) is 1.40. The van der Waals surface area contributed by atoms with Gasteiger partial charge in [-0.05, 0) is 24.6 Å². The van der Waals surface area contributed by atoms with E-state index in [-0.39, 0.29) is 24.1 Å². The Labute approximate surface area is 142 Å². The van der Waals surface area contributed by atoms with Crippen LogP contribution in [0.3, 0.4) is 0 Å². The summed E-state index contributed by atoms with van der Waals surface area (Å²) < 4.78 is 43.2. The SMILES string of the molecule is CC(N)(C(=O)NCC1=NO[C@@H]2COC[C@H]12)c1ccc(C(F)(F)F)cc1. The molecule has 1 aromatic carbocycles. The summed E-state index contributed by atoms with van der Waals surface area (Å²) in [5.41, 5.74) is 4.72. The molecule has 1 amide bonds. The first kappa shape index (κ1) is 17.7. The number of benzene rings is 1. The number of rotatable bonds is 4. The molecule has 1 saturated heterocycles. The smallest absolute Gasteiger partial charge is 0.389 e. The van der Waals surface area contributed by atoms with Gasteiger partial charge in [0.25, 0.3) is 0 Å². The van der Waals surface area contributed by atoms with Crippen molar-refractivity contribution in [3.8, 4) is 0 Å². The number of halogens is 3. The predicted molar refractivity (Wildman–Crippen MR) is 82.6 cm³/mol. The summed E-state index contributed by atoms with van der Waals surface area (Å²) in [6.07, 6.45) is -4.56. The van der Waals surface area contributed by atoms with Gasteiger partial charge in [0.1, 0.15) is 5.54 Å². The van der Waals surface area contributed by atoms with E-state index < -0.39 is 23.2 Å². The van der Waals surface area contributed by atoms with Crippen LogP contribution in [-0.2, 0) is 26.1 Å². The monoisotopic (exact) mass is 357 g/mol. The second-order valence-electron chi connectivity index (χ2n) is 6.33. The van der Waals surface area contributed by atoms with Crippen molar-refractivity contribution in [2.45, 2.75) is 24.7 Å². The van der Waals surface area contributed by atoms with E-state index in [1.165, 1.54) is 19.1 Å². The number of carbonyl (C=O) groups excluding carboxylic acids is 1. The van der Waals surface area contributed by atoms with Crippen LogP contribution in [0.15, 0.2) is 29.4 Å². The quantitative estimate of drug-likeness (QED) is 0.853. The number of hydrogen-bond donors (Lipinski definition) is 2. The van der Waals surface area contributed by atoms with Crippen LogP contribution >= 0.6 is 0 Å². The topological polar surface area (TPSA) is 85.9 Å². The van der Waals surface area contributed by atoms with Gasteiger partial charge in [-0.1, -0.05) is 17.3 Å². The molecule has 0 aliphatic carbocycles. The number of nitrogens with zero attached hydrogens (tertiary/aromatic N) is 1. The largest absolute Gasteiger partial charge is 0.416 e. The molecular formula is C16H18F3N3O3. The second kappa shape index (κ2) is 6.30. The van der Waals surface area contributed by atoms with Gasteiger partial charge in [-0.2, -0.15) is 13.2 Å². The van der Waals surface area contributed by atoms with Crippen LogP contribution in [0.1, 0.15) is 18.1 Å². The molecule has 136 valence electrons. The molecular weight excluding hydrogens is 339 g/mol. The van der Waals surface area contributed by atoms with Crippen molar-refractivity contribution >= 4 is 11.6 Å². The normalized spacial score (nSPS) is 24.9. The Kier molecular flexibility index (Phi) is 4.46. The third-order valence-corrected chi connectivity index (χ3v) is 4.48. The Hall–Kier alpha value is -2.13. The molecule has 0 saturated carbocycles. The van der Waals surface area contributed by atoms with Crippen LogP contribution in [0.25, 0.3) is 0 Å². The lowest BCUT2D eigenvalue weighted by Crippen LogP contribution is -2.50. The molecule has 25 heavy (non-hydrogen) atoms. The van der Waals surface area contributed by atoms with Crippen molar-refractivity contribution in [1.29, 1.82) is 0 Å². The highest BCUT2D eigenvalue weighted by molar-refractivity contribution is 5.95. The summed E-state index contributed by atoms with van der Waals surface area (Å²) in [7, 11) is 0. The van der Waals surface area contributed by atoms with Crippen molar-refractivity contribution in [1.82, 2.24) is 5.32 Å². The fourth-order valence-electron chi connectivity index (χ4n) is 2.81. The molecule has 0 bridgehead atoms. The first-order valence-corrected chi connectivity index (χ1v) is 7.75. The molecule has 6 nitrogen and oxygen atoms in total. The van der Waals surface area contributed by atoms with Gasteiger partial charge in [0.15, 0.2) is 6.10 Å². The Morgan fingerprint density at radius 1 is 1.28 bits per heavy atom. The molecule has 0 radical (unpaired) electrons. The number of hydrogen-bond acceptors (Lipinski definition) is 5. The van der Waals surface area contributed by atoms with Crippen LogP contribution < -0.4 is 11.1 Å². The highest BCUT2D eigenvalue weighted by atomic mass is 19.4. The number of carbonyl (C=O) groups is 1. The van der Waals surface area contributed by atoms with Crippen molar-refractivity contribution in [3.05, 3.63) is 35.4 Å².